The van der Waals surface area contributed by atoms with Crippen LogP contribution in [0.5, 0.6) is 11.5 Å². The number of para-hydroxylation sites is 1. The minimum atomic E-state index is -0.499. The first-order valence-corrected chi connectivity index (χ1v) is 7.17. The van der Waals surface area contributed by atoms with E-state index in [-0.39, 0.29) is 6.61 Å². The molecule has 0 unspecified atom stereocenters. The van der Waals surface area contributed by atoms with Crippen LogP contribution in [0, 0.1) is 0 Å². The Balaban J connectivity index is 1.69. The number of hydrogen-bond acceptors (Lipinski definition) is 3. The number of fused-ring (bicyclic) bond motifs is 1. The summed E-state index contributed by atoms with van der Waals surface area (Å²) >= 11 is 5.95. The van der Waals surface area contributed by atoms with E-state index in [1.807, 2.05) is 42.5 Å². The highest BCUT2D eigenvalue weighted by Crippen LogP contribution is 2.26. The van der Waals surface area contributed by atoms with E-state index in [1.165, 1.54) is 0 Å². The third-order valence-electron chi connectivity index (χ3n) is 3.16. The van der Waals surface area contributed by atoms with Crippen molar-refractivity contribution >= 4 is 28.3 Å². The van der Waals surface area contributed by atoms with Crippen LogP contribution < -0.4 is 9.47 Å². The molecule has 0 saturated heterocycles. The molecule has 0 saturated carbocycles. The molecule has 0 atom stereocenters. The highest BCUT2D eigenvalue weighted by atomic mass is 35.5. The molecule has 3 nitrogen and oxygen atoms in total. The van der Waals surface area contributed by atoms with E-state index < -0.39 is 5.97 Å². The molecule has 0 N–H and O–H groups in total. The predicted octanol–water partition coefficient (Wildman–Crippen LogP) is 4.48. The summed E-state index contributed by atoms with van der Waals surface area (Å²) in [5.74, 6) is 0.478. The summed E-state index contributed by atoms with van der Waals surface area (Å²) in [5.41, 5.74) is 0. The summed E-state index contributed by atoms with van der Waals surface area (Å²) in [5, 5.41) is 2.40. The highest BCUT2D eigenvalue weighted by molar-refractivity contribution is 6.32. The average Bonchev–Trinajstić information content (AvgIpc) is 2.55. The third kappa shape index (κ3) is 3.21. The lowest BCUT2D eigenvalue weighted by atomic mass is 10.1. The van der Waals surface area contributed by atoms with E-state index in [1.54, 1.807) is 24.3 Å². The minimum absolute atomic E-state index is 0.181. The molecule has 0 spiro atoms. The van der Waals surface area contributed by atoms with E-state index in [9.17, 15) is 4.79 Å². The van der Waals surface area contributed by atoms with E-state index in [0.717, 1.165) is 10.8 Å². The Morgan fingerprint density at radius 1 is 0.864 bits per heavy atom. The predicted molar refractivity (Wildman–Crippen MR) is 86.5 cm³/mol. The first-order chi connectivity index (χ1) is 10.7. The van der Waals surface area contributed by atoms with Crippen LogP contribution in [0.25, 0.3) is 10.8 Å². The molecule has 0 aliphatic heterocycles. The molecule has 3 aromatic carbocycles. The number of rotatable bonds is 4. The Hall–Kier alpha value is -2.52. The Morgan fingerprint density at radius 2 is 1.55 bits per heavy atom. The van der Waals surface area contributed by atoms with Gasteiger partial charge in [-0.25, -0.2) is 4.79 Å². The fraction of sp³-hybridized carbons (Fsp3) is 0.0556. The number of esters is 1. The van der Waals surface area contributed by atoms with Crippen molar-refractivity contribution in [2.45, 2.75) is 0 Å². The van der Waals surface area contributed by atoms with Crippen molar-refractivity contribution in [1.29, 1.82) is 0 Å². The Labute approximate surface area is 133 Å². The zero-order valence-electron chi connectivity index (χ0n) is 11.7. The van der Waals surface area contributed by atoms with Gasteiger partial charge in [-0.2, -0.15) is 0 Å². The van der Waals surface area contributed by atoms with Gasteiger partial charge in [0.2, 0.25) is 0 Å². The molecule has 0 amide bonds. The molecule has 0 aliphatic carbocycles. The lowest BCUT2D eigenvalue weighted by Gasteiger charge is -2.09. The van der Waals surface area contributed by atoms with Crippen LogP contribution in [-0.2, 0) is 4.79 Å². The number of carbonyl (C=O) groups is 1. The van der Waals surface area contributed by atoms with Crippen LogP contribution in [0.1, 0.15) is 0 Å². The fourth-order valence-corrected chi connectivity index (χ4v) is 2.31. The molecular formula is C18H13ClO3. The van der Waals surface area contributed by atoms with Crippen molar-refractivity contribution in [3.8, 4) is 11.5 Å². The maximum atomic E-state index is 11.9. The molecular weight excluding hydrogens is 300 g/mol. The third-order valence-corrected chi connectivity index (χ3v) is 3.47. The Kier molecular flexibility index (Phi) is 4.26. The summed E-state index contributed by atoms with van der Waals surface area (Å²) in [7, 11) is 0. The van der Waals surface area contributed by atoms with Gasteiger partial charge in [-0.1, -0.05) is 60.1 Å². The second-order valence-electron chi connectivity index (χ2n) is 4.67. The van der Waals surface area contributed by atoms with Gasteiger partial charge in [0, 0.05) is 5.39 Å². The minimum Gasteiger partial charge on any atom is -0.481 e. The first-order valence-electron chi connectivity index (χ1n) is 6.80. The number of ether oxygens (including phenoxy) is 2. The molecule has 0 heterocycles. The molecule has 0 bridgehead atoms. The van der Waals surface area contributed by atoms with E-state index in [4.69, 9.17) is 21.1 Å². The normalized spacial score (nSPS) is 10.4. The van der Waals surface area contributed by atoms with Crippen molar-refractivity contribution in [1.82, 2.24) is 0 Å². The van der Waals surface area contributed by atoms with Crippen molar-refractivity contribution in [2.24, 2.45) is 0 Å². The number of halogens is 1. The molecule has 3 rings (SSSR count). The van der Waals surface area contributed by atoms with Crippen molar-refractivity contribution in [2.75, 3.05) is 6.61 Å². The quantitative estimate of drug-likeness (QED) is 0.526. The van der Waals surface area contributed by atoms with E-state index in [0.29, 0.717) is 16.5 Å². The largest absolute Gasteiger partial charge is 0.481 e. The van der Waals surface area contributed by atoms with Gasteiger partial charge in [-0.15, -0.1) is 0 Å². The molecule has 4 heteroatoms. The number of hydrogen-bond donors (Lipinski definition) is 0. The lowest BCUT2D eigenvalue weighted by molar-refractivity contribution is -0.136. The lowest BCUT2D eigenvalue weighted by Crippen LogP contribution is -2.17. The van der Waals surface area contributed by atoms with Crippen LogP contribution in [0.4, 0.5) is 0 Å². The second kappa shape index (κ2) is 6.50. The molecule has 0 aromatic heterocycles. The summed E-state index contributed by atoms with van der Waals surface area (Å²) in [6.07, 6.45) is 0. The monoisotopic (exact) mass is 312 g/mol. The number of carbonyl (C=O) groups excluding carboxylic acids is 1. The molecule has 3 aromatic rings. The topological polar surface area (TPSA) is 35.5 Å². The maximum Gasteiger partial charge on any atom is 0.349 e. The first kappa shape index (κ1) is 14.4. The van der Waals surface area contributed by atoms with Crippen molar-refractivity contribution < 1.29 is 14.3 Å². The van der Waals surface area contributed by atoms with Crippen LogP contribution in [-0.4, -0.2) is 12.6 Å². The summed E-state index contributed by atoms with van der Waals surface area (Å²) in [6.45, 7) is -0.181. The van der Waals surface area contributed by atoms with Crippen molar-refractivity contribution in [3.05, 3.63) is 71.8 Å². The number of benzene rings is 3. The van der Waals surface area contributed by atoms with Gasteiger partial charge in [0.1, 0.15) is 11.5 Å². The van der Waals surface area contributed by atoms with E-state index >= 15 is 0 Å². The zero-order chi connectivity index (χ0) is 15.4. The van der Waals surface area contributed by atoms with Crippen LogP contribution in [0.2, 0.25) is 5.02 Å². The summed E-state index contributed by atoms with van der Waals surface area (Å²) in [4.78, 5) is 11.9. The average molecular weight is 313 g/mol. The van der Waals surface area contributed by atoms with Gasteiger partial charge in [-0.05, 0) is 23.6 Å². The van der Waals surface area contributed by atoms with Crippen LogP contribution in [0.15, 0.2) is 66.7 Å². The molecule has 0 fully saturated rings. The summed E-state index contributed by atoms with van der Waals surface area (Å²) in [6, 6.07) is 20.3. The maximum absolute atomic E-state index is 11.9. The Morgan fingerprint density at radius 3 is 2.41 bits per heavy atom. The Bertz CT molecular complexity index is 809. The molecule has 0 radical (unpaired) electrons. The van der Waals surface area contributed by atoms with Gasteiger partial charge in [-0.3, -0.25) is 0 Å². The van der Waals surface area contributed by atoms with Gasteiger partial charge in [0.05, 0.1) is 5.02 Å². The smallest absolute Gasteiger partial charge is 0.349 e. The fourth-order valence-electron chi connectivity index (χ4n) is 2.14. The standard InChI is InChI=1S/C18H13ClO3/c19-15-9-3-4-10-17(15)22-18(20)12-21-16-11-5-7-13-6-1-2-8-14(13)16/h1-11H,12H2. The van der Waals surface area contributed by atoms with Gasteiger partial charge in [0.15, 0.2) is 6.61 Å². The van der Waals surface area contributed by atoms with E-state index in [2.05, 4.69) is 0 Å². The second-order valence-corrected chi connectivity index (χ2v) is 5.08. The van der Waals surface area contributed by atoms with Crippen molar-refractivity contribution in [3.63, 3.8) is 0 Å². The zero-order valence-corrected chi connectivity index (χ0v) is 12.4. The molecule has 110 valence electrons. The van der Waals surface area contributed by atoms with Crippen LogP contribution in [0.3, 0.4) is 0 Å². The molecule has 0 aliphatic rings. The SMILES string of the molecule is O=C(COc1cccc2ccccc12)Oc1ccccc1Cl. The molecule has 22 heavy (non-hydrogen) atoms. The van der Waals surface area contributed by atoms with Gasteiger partial charge >= 0.3 is 5.97 Å². The van der Waals surface area contributed by atoms with Crippen LogP contribution >= 0.6 is 11.6 Å². The summed E-state index contributed by atoms with van der Waals surface area (Å²) < 4.78 is 10.8. The van der Waals surface area contributed by atoms with Gasteiger partial charge < -0.3 is 9.47 Å². The van der Waals surface area contributed by atoms with Gasteiger partial charge in [0.25, 0.3) is 0 Å². The highest BCUT2D eigenvalue weighted by Gasteiger charge is 2.10.